The molecule has 1 unspecified atom stereocenters. The fraction of sp³-hybridized carbons (Fsp3) is 0.733. The molecule has 3 rings (SSSR count). The molecule has 0 aromatic carbocycles. The highest BCUT2D eigenvalue weighted by Crippen LogP contribution is 2.44. The van der Waals surface area contributed by atoms with E-state index in [9.17, 15) is 9.59 Å². The Bertz CT molecular complexity index is 563. The molecule has 120 valence electrons. The van der Waals surface area contributed by atoms with Crippen molar-refractivity contribution in [3.63, 3.8) is 0 Å². The zero-order valence-electron chi connectivity index (χ0n) is 12.9. The Balaban J connectivity index is 1.58. The van der Waals surface area contributed by atoms with Crippen molar-refractivity contribution < 1.29 is 14.3 Å². The van der Waals surface area contributed by atoms with E-state index in [1.165, 1.54) is 6.33 Å². The number of ether oxygens (including phenoxy) is 1. The number of hydrogen-bond acceptors (Lipinski definition) is 5. The summed E-state index contributed by atoms with van der Waals surface area (Å²) in [5.41, 5.74) is -0.551. The van der Waals surface area contributed by atoms with Gasteiger partial charge in [0.1, 0.15) is 17.8 Å². The van der Waals surface area contributed by atoms with Crippen LogP contribution in [0, 0.1) is 5.92 Å². The Morgan fingerprint density at radius 2 is 2.23 bits per heavy atom. The Hall–Kier alpha value is -1.92. The van der Waals surface area contributed by atoms with Gasteiger partial charge in [-0.3, -0.25) is 14.3 Å². The average Bonchev–Trinajstić information content (AvgIpc) is 3.04. The molecule has 2 fully saturated rings. The minimum Gasteiger partial charge on any atom is -0.458 e. The number of aromatic nitrogens is 3. The van der Waals surface area contributed by atoms with Gasteiger partial charge in [0.15, 0.2) is 0 Å². The molecule has 2 aliphatic rings. The van der Waals surface area contributed by atoms with E-state index in [4.69, 9.17) is 4.74 Å². The normalized spacial score (nSPS) is 23.5. The molecular weight excluding hydrogens is 284 g/mol. The quantitative estimate of drug-likeness (QED) is 0.829. The molecule has 1 aliphatic heterocycles. The molecule has 1 N–H and O–H groups in total. The molecule has 7 nitrogen and oxygen atoms in total. The van der Waals surface area contributed by atoms with Crippen LogP contribution in [0.1, 0.15) is 44.3 Å². The third kappa shape index (κ3) is 2.84. The Morgan fingerprint density at radius 3 is 2.91 bits per heavy atom. The van der Waals surface area contributed by atoms with Crippen molar-refractivity contribution >= 4 is 11.9 Å². The highest BCUT2D eigenvalue weighted by atomic mass is 16.6. The third-order valence-corrected chi connectivity index (χ3v) is 4.79. The molecule has 1 spiro atoms. The number of amides is 1. The minimum atomic E-state index is -0.551. The number of nitrogens with zero attached hydrogens (tertiary/aromatic N) is 3. The second kappa shape index (κ2) is 6.06. The SMILES string of the molecule is Cn1ncnc1CCNC(=O)C1CC(=O)OC12CCCCC2. The number of esters is 1. The topological polar surface area (TPSA) is 86.1 Å². The average molecular weight is 306 g/mol. The van der Waals surface area contributed by atoms with Crippen LogP contribution in [0.4, 0.5) is 0 Å². The van der Waals surface area contributed by atoms with Crippen LogP contribution in [-0.2, 0) is 27.8 Å². The molecule has 22 heavy (non-hydrogen) atoms. The fourth-order valence-corrected chi connectivity index (χ4v) is 3.59. The zero-order chi connectivity index (χ0) is 15.6. The van der Waals surface area contributed by atoms with E-state index in [2.05, 4.69) is 15.4 Å². The maximum absolute atomic E-state index is 12.5. The first-order valence-corrected chi connectivity index (χ1v) is 7.93. The molecular formula is C15H22N4O3. The predicted molar refractivity (Wildman–Crippen MR) is 77.7 cm³/mol. The van der Waals surface area contributed by atoms with Crippen molar-refractivity contribution in [2.45, 2.75) is 50.5 Å². The van der Waals surface area contributed by atoms with Gasteiger partial charge in [-0.2, -0.15) is 5.10 Å². The lowest BCUT2D eigenvalue weighted by molar-refractivity contribution is -0.153. The molecule has 1 aromatic heterocycles. The third-order valence-electron chi connectivity index (χ3n) is 4.79. The van der Waals surface area contributed by atoms with Gasteiger partial charge in [0.25, 0.3) is 0 Å². The number of aryl methyl sites for hydroxylation is 1. The van der Waals surface area contributed by atoms with Crippen molar-refractivity contribution in [1.29, 1.82) is 0 Å². The summed E-state index contributed by atoms with van der Waals surface area (Å²) in [5.74, 6) is 0.163. The smallest absolute Gasteiger partial charge is 0.307 e. The molecule has 1 aliphatic carbocycles. The predicted octanol–water partition coefficient (Wildman–Crippen LogP) is 0.740. The van der Waals surface area contributed by atoms with E-state index in [0.717, 1.165) is 37.9 Å². The zero-order valence-corrected chi connectivity index (χ0v) is 12.9. The molecule has 7 heteroatoms. The van der Waals surface area contributed by atoms with Crippen molar-refractivity contribution in [2.24, 2.45) is 13.0 Å². The summed E-state index contributed by atoms with van der Waals surface area (Å²) in [5, 5.41) is 6.93. The maximum atomic E-state index is 12.5. The molecule has 1 atom stereocenters. The number of hydrogen-bond donors (Lipinski definition) is 1. The number of nitrogens with one attached hydrogen (secondary N) is 1. The van der Waals surface area contributed by atoms with Crippen LogP contribution in [0.25, 0.3) is 0 Å². The van der Waals surface area contributed by atoms with E-state index in [0.29, 0.717) is 13.0 Å². The van der Waals surface area contributed by atoms with Gasteiger partial charge in [-0.1, -0.05) is 6.42 Å². The standard InChI is InChI=1S/C15H22N4O3/c1-19-12(17-10-18-19)5-8-16-14(21)11-9-13(20)22-15(11)6-3-2-4-7-15/h10-11H,2-9H2,1H3,(H,16,21). The first-order chi connectivity index (χ1) is 10.6. The van der Waals surface area contributed by atoms with E-state index >= 15 is 0 Å². The van der Waals surface area contributed by atoms with Gasteiger partial charge < -0.3 is 10.1 Å². The monoisotopic (exact) mass is 306 g/mol. The van der Waals surface area contributed by atoms with E-state index in [1.54, 1.807) is 4.68 Å². The fourth-order valence-electron chi connectivity index (χ4n) is 3.59. The highest BCUT2D eigenvalue weighted by molar-refractivity contribution is 5.87. The molecule has 1 amide bonds. The van der Waals surface area contributed by atoms with E-state index < -0.39 is 5.60 Å². The van der Waals surface area contributed by atoms with Gasteiger partial charge >= 0.3 is 5.97 Å². The lowest BCUT2D eigenvalue weighted by Gasteiger charge is -2.36. The summed E-state index contributed by atoms with van der Waals surface area (Å²) in [6.07, 6.45) is 7.14. The van der Waals surface area contributed by atoms with Crippen molar-refractivity contribution in [1.82, 2.24) is 20.1 Å². The van der Waals surface area contributed by atoms with Gasteiger partial charge in [0, 0.05) is 20.0 Å². The molecule has 1 aromatic rings. The lowest BCUT2D eigenvalue weighted by Crippen LogP contribution is -2.46. The van der Waals surface area contributed by atoms with Crippen LogP contribution >= 0.6 is 0 Å². The molecule has 1 saturated heterocycles. The lowest BCUT2D eigenvalue weighted by atomic mass is 9.75. The van der Waals surface area contributed by atoms with E-state index in [-0.39, 0.29) is 24.2 Å². The first-order valence-electron chi connectivity index (χ1n) is 7.93. The molecule has 1 saturated carbocycles. The Morgan fingerprint density at radius 1 is 1.45 bits per heavy atom. The summed E-state index contributed by atoms with van der Waals surface area (Å²) in [4.78, 5) is 28.3. The van der Waals surface area contributed by atoms with Gasteiger partial charge in [0.2, 0.25) is 5.91 Å². The van der Waals surface area contributed by atoms with Crippen LogP contribution in [0.5, 0.6) is 0 Å². The molecule has 2 heterocycles. The van der Waals surface area contributed by atoms with Crippen LogP contribution in [0.2, 0.25) is 0 Å². The summed E-state index contributed by atoms with van der Waals surface area (Å²) in [6, 6.07) is 0. The largest absolute Gasteiger partial charge is 0.458 e. The number of rotatable bonds is 4. The van der Waals surface area contributed by atoms with Gasteiger partial charge in [-0.25, -0.2) is 4.98 Å². The van der Waals surface area contributed by atoms with Crippen LogP contribution in [0.3, 0.4) is 0 Å². The number of carbonyl (C=O) groups is 2. The van der Waals surface area contributed by atoms with Crippen LogP contribution in [-0.4, -0.2) is 38.8 Å². The molecule has 0 radical (unpaired) electrons. The summed E-state index contributed by atoms with van der Waals surface area (Å²) in [6.45, 7) is 0.492. The van der Waals surface area contributed by atoms with Gasteiger partial charge in [-0.05, 0) is 25.7 Å². The van der Waals surface area contributed by atoms with Crippen LogP contribution in [0.15, 0.2) is 6.33 Å². The van der Waals surface area contributed by atoms with Crippen molar-refractivity contribution in [3.05, 3.63) is 12.2 Å². The number of carbonyl (C=O) groups excluding carboxylic acids is 2. The van der Waals surface area contributed by atoms with Crippen LogP contribution < -0.4 is 5.32 Å². The van der Waals surface area contributed by atoms with E-state index in [1.807, 2.05) is 7.05 Å². The van der Waals surface area contributed by atoms with Gasteiger partial charge in [0.05, 0.1) is 12.3 Å². The Kier molecular flexibility index (Phi) is 4.13. The van der Waals surface area contributed by atoms with Crippen molar-refractivity contribution in [3.8, 4) is 0 Å². The van der Waals surface area contributed by atoms with Crippen molar-refractivity contribution in [2.75, 3.05) is 6.54 Å². The second-order valence-electron chi connectivity index (χ2n) is 6.20. The first kappa shape index (κ1) is 15.0. The summed E-state index contributed by atoms with van der Waals surface area (Å²) in [7, 11) is 1.82. The Labute approximate surface area is 129 Å². The minimum absolute atomic E-state index is 0.0741. The maximum Gasteiger partial charge on any atom is 0.307 e. The highest BCUT2D eigenvalue weighted by Gasteiger charge is 2.52. The summed E-state index contributed by atoms with van der Waals surface area (Å²) < 4.78 is 7.26. The van der Waals surface area contributed by atoms with Gasteiger partial charge in [-0.15, -0.1) is 0 Å². The molecule has 0 bridgehead atoms. The second-order valence-corrected chi connectivity index (χ2v) is 6.20. The summed E-state index contributed by atoms with van der Waals surface area (Å²) >= 11 is 0.